The van der Waals surface area contributed by atoms with Crippen molar-refractivity contribution in [3.63, 3.8) is 0 Å². The van der Waals surface area contributed by atoms with Crippen LogP contribution in [0.25, 0.3) is 0 Å². The molecule has 7 heteroatoms. The first kappa shape index (κ1) is 18.3. The van der Waals surface area contributed by atoms with Crippen LogP contribution in [0.1, 0.15) is 48.3 Å². The molecule has 0 bridgehead atoms. The Morgan fingerprint density at radius 1 is 1.45 bits per heavy atom. The molecule has 2 unspecified atom stereocenters. The van der Waals surface area contributed by atoms with Crippen LogP contribution in [0.4, 0.5) is 4.79 Å². The summed E-state index contributed by atoms with van der Waals surface area (Å²) in [4.78, 5) is 22.5. The third-order valence-corrected chi connectivity index (χ3v) is 3.67. The van der Waals surface area contributed by atoms with Crippen molar-refractivity contribution < 1.29 is 77.6 Å². The summed E-state index contributed by atoms with van der Waals surface area (Å²) in [6.07, 6.45) is 0.373. The van der Waals surface area contributed by atoms with E-state index in [1.54, 1.807) is 11.4 Å². The van der Waals surface area contributed by atoms with Gasteiger partial charge in [0.2, 0.25) is 0 Å². The second kappa shape index (κ2) is 7.00. The summed E-state index contributed by atoms with van der Waals surface area (Å²) in [6.45, 7) is 5.42. The van der Waals surface area contributed by atoms with E-state index in [2.05, 4.69) is 5.32 Å². The number of carbonyl (C=O) groups excluding carboxylic acids is 2. The standard InChI is InChI=1S/C13H17NO4S.Rb/c1-13(2,3)18-12(17)14-9-5-8(9)7-4-10(11(15)16)19-6-7;/h4,6,8-9H,5H2,1-3H3,(H,14,17)(H,15,16);/q;+1/p-1. The quantitative estimate of drug-likeness (QED) is 0.705. The number of carbonyl (C=O) groups is 2. The molecule has 1 amide bonds. The Labute approximate surface area is 170 Å². The van der Waals surface area contributed by atoms with Crippen LogP contribution in [0.15, 0.2) is 11.4 Å². The fraction of sp³-hybridized carbons (Fsp3) is 0.538. The second-order valence-electron chi connectivity index (χ2n) is 5.63. The fourth-order valence-electron chi connectivity index (χ4n) is 1.83. The van der Waals surface area contributed by atoms with E-state index in [4.69, 9.17) is 4.74 Å². The van der Waals surface area contributed by atoms with E-state index >= 15 is 0 Å². The van der Waals surface area contributed by atoms with Crippen LogP contribution >= 0.6 is 11.3 Å². The monoisotopic (exact) mass is 367 g/mol. The summed E-state index contributed by atoms with van der Waals surface area (Å²) in [7, 11) is 0. The van der Waals surface area contributed by atoms with Gasteiger partial charge in [0.05, 0.1) is 10.8 Å². The van der Waals surface area contributed by atoms with Crippen LogP contribution in [-0.4, -0.2) is 23.7 Å². The van der Waals surface area contributed by atoms with Gasteiger partial charge in [-0.3, -0.25) is 0 Å². The van der Waals surface area contributed by atoms with Crippen molar-refractivity contribution in [3.05, 3.63) is 21.9 Å². The maximum absolute atomic E-state index is 11.6. The van der Waals surface area contributed by atoms with Crippen molar-refractivity contribution in [2.45, 2.75) is 44.8 Å². The summed E-state index contributed by atoms with van der Waals surface area (Å²) in [6, 6.07) is 1.64. The molecule has 1 aliphatic rings. The van der Waals surface area contributed by atoms with Gasteiger partial charge in [-0.25, -0.2) is 4.79 Å². The number of rotatable bonds is 3. The van der Waals surface area contributed by atoms with E-state index in [-0.39, 0.29) is 75.0 Å². The van der Waals surface area contributed by atoms with Crippen molar-refractivity contribution in [2.75, 3.05) is 0 Å². The molecular formula is C13H16NO4RbS. The Morgan fingerprint density at radius 2 is 2.10 bits per heavy atom. The molecule has 104 valence electrons. The predicted octanol–water partition coefficient (Wildman–Crippen LogP) is -1.50. The molecule has 1 aliphatic carbocycles. The van der Waals surface area contributed by atoms with Gasteiger partial charge in [0, 0.05) is 12.0 Å². The van der Waals surface area contributed by atoms with Crippen molar-refractivity contribution in [3.8, 4) is 0 Å². The second-order valence-corrected chi connectivity index (χ2v) is 6.54. The molecule has 1 saturated carbocycles. The minimum atomic E-state index is -1.16. The van der Waals surface area contributed by atoms with Crippen LogP contribution in [0.2, 0.25) is 0 Å². The largest absolute Gasteiger partial charge is 1.00 e. The molecule has 1 aromatic heterocycles. The maximum Gasteiger partial charge on any atom is 1.00 e. The van der Waals surface area contributed by atoms with Crippen molar-refractivity contribution in [1.82, 2.24) is 5.32 Å². The number of aromatic carboxylic acids is 1. The van der Waals surface area contributed by atoms with E-state index in [0.29, 0.717) is 0 Å². The third-order valence-electron chi connectivity index (χ3n) is 2.74. The van der Waals surface area contributed by atoms with E-state index in [1.165, 1.54) is 0 Å². The first-order chi connectivity index (χ1) is 8.76. The molecule has 2 atom stereocenters. The van der Waals surface area contributed by atoms with Crippen LogP contribution < -0.4 is 68.6 Å². The van der Waals surface area contributed by atoms with E-state index in [1.807, 2.05) is 20.8 Å². The predicted molar refractivity (Wildman–Crippen MR) is 69.2 cm³/mol. The number of carboxylic acids is 1. The Morgan fingerprint density at radius 3 is 2.60 bits per heavy atom. The molecule has 1 heterocycles. The van der Waals surface area contributed by atoms with Gasteiger partial charge in [-0.05, 0) is 44.2 Å². The summed E-state index contributed by atoms with van der Waals surface area (Å²) >= 11 is 1.15. The van der Waals surface area contributed by atoms with Crippen molar-refractivity contribution >= 4 is 23.4 Å². The fourth-order valence-corrected chi connectivity index (χ4v) is 2.64. The zero-order valence-corrected chi connectivity index (χ0v) is 17.8. The van der Waals surface area contributed by atoms with Gasteiger partial charge in [0.15, 0.2) is 0 Å². The van der Waals surface area contributed by atoms with Gasteiger partial charge in [0.25, 0.3) is 0 Å². The average molecular weight is 368 g/mol. The minimum Gasteiger partial charge on any atom is -0.544 e. The molecule has 1 fully saturated rings. The Balaban J connectivity index is 0.00000200. The molecule has 0 saturated heterocycles. The average Bonchev–Trinajstić information content (AvgIpc) is 2.82. The van der Waals surface area contributed by atoms with Gasteiger partial charge >= 0.3 is 64.3 Å². The molecule has 0 aromatic carbocycles. The Hall–Kier alpha value is 0.245. The first-order valence-corrected chi connectivity index (χ1v) is 6.93. The molecule has 2 rings (SSSR count). The number of alkyl carbamates (subject to hydrolysis) is 1. The number of thiophene rings is 1. The van der Waals surface area contributed by atoms with Crippen molar-refractivity contribution in [1.29, 1.82) is 0 Å². The third kappa shape index (κ3) is 5.22. The van der Waals surface area contributed by atoms with Gasteiger partial charge in [-0.1, -0.05) is 0 Å². The number of ether oxygens (including phenoxy) is 1. The summed E-state index contributed by atoms with van der Waals surface area (Å²) < 4.78 is 5.16. The smallest absolute Gasteiger partial charge is 0.544 e. The maximum atomic E-state index is 11.6. The van der Waals surface area contributed by atoms with Gasteiger partial charge in [-0.15, -0.1) is 11.3 Å². The van der Waals surface area contributed by atoms with Gasteiger partial charge in [-0.2, -0.15) is 0 Å². The van der Waals surface area contributed by atoms with E-state index in [0.717, 1.165) is 23.3 Å². The molecular weight excluding hydrogens is 352 g/mol. The van der Waals surface area contributed by atoms with Gasteiger partial charge in [0.1, 0.15) is 5.60 Å². The molecule has 0 radical (unpaired) electrons. The molecule has 0 spiro atoms. The molecule has 0 aliphatic heterocycles. The van der Waals surface area contributed by atoms with E-state index < -0.39 is 17.7 Å². The molecule has 5 nitrogen and oxygen atoms in total. The van der Waals surface area contributed by atoms with Crippen LogP contribution in [-0.2, 0) is 4.74 Å². The SMILES string of the molecule is CC(C)(C)OC(=O)NC1CC1c1csc(C(=O)[O-])c1.[Rb+]. The number of carboxylic acid groups (broad SMARTS) is 1. The van der Waals surface area contributed by atoms with Crippen LogP contribution in [0.3, 0.4) is 0 Å². The topological polar surface area (TPSA) is 78.5 Å². The minimum absolute atomic E-state index is 0. The van der Waals surface area contributed by atoms with E-state index in [9.17, 15) is 14.7 Å². The van der Waals surface area contributed by atoms with Crippen LogP contribution in [0, 0.1) is 0 Å². The summed E-state index contributed by atoms with van der Waals surface area (Å²) in [5.74, 6) is -0.981. The van der Waals surface area contributed by atoms with Crippen molar-refractivity contribution in [2.24, 2.45) is 0 Å². The van der Waals surface area contributed by atoms with Gasteiger partial charge < -0.3 is 20.0 Å². The zero-order valence-electron chi connectivity index (χ0n) is 12.1. The Kier molecular flexibility index (Phi) is 6.41. The number of hydrogen-bond acceptors (Lipinski definition) is 5. The summed E-state index contributed by atoms with van der Waals surface area (Å²) in [5, 5.41) is 15.3. The molecule has 1 aromatic rings. The molecule has 1 N–H and O–H groups in total. The zero-order chi connectivity index (χ0) is 14.2. The summed E-state index contributed by atoms with van der Waals surface area (Å²) in [5.41, 5.74) is 0.421. The Bertz CT molecular complexity index is 509. The number of hydrogen-bond donors (Lipinski definition) is 1. The number of nitrogens with one attached hydrogen (secondary N) is 1. The first-order valence-electron chi connectivity index (χ1n) is 6.05. The normalized spacial score (nSPS) is 20.8. The van der Waals surface area contributed by atoms with Crippen LogP contribution in [0.5, 0.6) is 0 Å². The molecule has 20 heavy (non-hydrogen) atoms. The number of amides is 1.